The van der Waals surface area contributed by atoms with Gasteiger partial charge in [-0.05, 0) is 13.8 Å². The van der Waals surface area contributed by atoms with Crippen molar-refractivity contribution in [1.82, 2.24) is 15.1 Å². The van der Waals surface area contributed by atoms with E-state index in [-0.39, 0.29) is 28.6 Å². The minimum Gasteiger partial charge on any atom is -0.449 e. The van der Waals surface area contributed by atoms with E-state index in [0.717, 1.165) is 0 Å². The molecule has 1 heterocycles. The van der Waals surface area contributed by atoms with Gasteiger partial charge in [0.2, 0.25) is 0 Å². The fourth-order valence-electron chi connectivity index (χ4n) is 1.28. The van der Waals surface area contributed by atoms with Crippen molar-refractivity contribution >= 4 is 40.1 Å². The largest absolute Gasteiger partial charge is 0.449 e. The molecule has 0 aromatic carbocycles. The van der Waals surface area contributed by atoms with Crippen LogP contribution < -0.4 is 5.32 Å². The fraction of sp³-hybridized carbons (Fsp3) is 0.600. The van der Waals surface area contributed by atoms with Crippen LogP contribution in [0.5, 0.6) is 0 Å². The number of carbonyl (C=O) groups is 1. The number of aryl methyl sites for hydroxylation is 1. The van der Waals surface area contributed by atoms with Crippen molar-refractivity contribution in [2.45, 2.75) is 24.9 Å². The molecule has 0 unspecified atom stereocenters. The molecule has 19 heavy (non-hydrogen) atoms. The minimum absolute atomic E-state index is 0.0108. The van der Waals surface area contributed by atoms with Gasteiger partial charge in [0, 0.05) is 13.1 Å². The SMILES string of the molecule is CC(C)NC(=O)OCC[S@@](=O)c1c(Cl)c(Cl)nn1C. The Hall–Kier alpha value is -0.790. The van der Waals surface area contributed by atoms with Crippen LogP contribution >= 0.6 is 23.2 Å². The van der Waals surface area contributed by atoms with Gasteiger partial charge in [-0.25, -0.2) is 4.79 Å². The van der Waals surface area contributed by atoms with E-state index >= 15 is 0 Å². The summed E-state index contributed by atoms with van der Waals surface area (Å²) in [5.74, 6) is 0.126. The number of alkyl carbamates (subject to hydrolysis) is 1. The minimum atomic E-state index is -1.44. The molecule has 0 radical (unpaired) electrons. The number of hydrogen-bond acceptors (Lipinski definition) is 4. The van der Waals surface area contributed by atoms with Crippen LogP contribution in [0.4, 0.5) is 4.79 Å². The molecule has 1 amide bonds. The summed E-state index contributed by atoms with van der Waals surface area (Å²) in [6, 6.07) is -0.0108. The summed E-state index contributed by atoms with van der Waals surface area (Å²) in [7, 11) is 0.159. The van der Waals surface area contributed by atoms with E-state index in [9.17, 15) is 9.00 Å². The molecule has 1 aromatic rings. The molecule has 0 saturated carbocycles. The molecule has 1 aromatic heterocycles. The number of amides is 1. The molecule has 0 saturated heterocycles. The van der Waals surface area contributed by atoms with Crippen LogP contribution in [0.1, 0.15) is 13.8 Å². The molecule has 1 N–H and O–H groups in total. The lowest BCUT2D eigenvalue weighted by atomic mass is 10.4. The number of nitrogens with zero attached hydrogens (tertiary/aromatic N) is 2. The highest BCUT2D eigenvalue weighted by atomic mass is 35.5. The van der Waals surface area contributed by atoms with E-state index in [4.69, 9.17) is 27.9 Å². The second-order valence-corrected chi connectivity index (χ2v) is 6.24. The monoisotopic (exact) mass is 327 g/mol. The first-order valence-corrected chi connectivity index (χ1v) is 7.60. The molecule has 0 spiro atoms. The molecular formula is C10H15Cl2N3O3S. The highest BCUT2D eigenvalue weighted by Gasteiger charge is 2.18. The van der Waals surface area contributed by atoms with Gasteiger partial charge < -0.3 is 10.1 Å². The third kappa shape index (κ3) is 4.67. The molecule has 0 aliphatic heterocycles. The van der Waals surface area contributed by atoms with Crippen LogP contribution in [0, 0.1) is 0 Å². The maximum absolute atomic E-state index is 12.0. The van der Waals surface area contributed by atoms with Crippen LogP contribution in [0.25, 0.3) is 0 Å². The van der Waals surface area contributed by atoms with Crippen molar-refractivity contribution in [3.63, 3.8) is 0 Å². The maximum atomic E-state index is 12.0. The zero-order valence-corrected chi connectivity index (χ0v) is 13.1. The van der Waals surface area contributed by atoms with Gasteiger partial charge in [-0.15, -0.1) is 0 Å². The van der Waals surface area contributed by atoms with Crippen LogP contribution in [0.3, 0.4) is 0 Å². The number of ether oxygens (including phenoxy) is 1. The number of rotatable bonds is 5. The van der Waals surface area contributed by atoms with Gasteiger partial charge in [0.15, 0.2) is 5.15 Å². The Morgan fingerprint density at radius 2 is 2.16 bits per heavy atom. The Labute approximate surface area is 123 Å². The van der Waals surface area contributed by atoms with Crippen LogP contribution in [-0.2, 0) is 22.6 Å². The molecule has 1 rings (SSSR count). The van der Waals surface area contributed by atoms with E-state index < -0.39 is 16.9 Å². The topological polar surface area (TPSA) is 73.2 Å². The van der Waals surface area contributed by atoms with Gasteiger partial charge in [0.25, 0.3) is 0 Å². The maximum Gasteiger partial charge on any atom is 0.407 e. The van der Waals surface area contributed by atoms with Gasteiger partial charge in [-0.2, -0.15) is 5.10 Å². The van der Waals surface area contributed by atoms with E-state index in [2.05, 4.69) is 10.4 Å². The predicted molar refractivity (Wildman–Crippen MR) is 74.1 cm³/mol. The van der Waals surface area contributed by atoms with Crippen LogP contribution in [0.2, 0.25) is 10.2 Å². The van der Waals surface area contributed by atoms with Crippen molar-refractivity contribution in [3.05, 3.63) is 10.2 Å². The molecule has 9 heteroatoms. The Kier molecular flexibility index (Phi) is 6.09. The third-order valence-electron chi connectivity index (χ3n) is 2.02. The molecular weight excluding hydrogens is 313 g/mol. The van der Waals surface area contributed by atoms with E-state index in [1.807, 2.05) is 13.8 Å². The number of hydrogen-bond donors (Lipinski definition) is 1. The van der Waals surface area contributed by atoms with Crippen molar-refractivity contribution < 1.29 is 13.7 Å². The predicted octanol–water partition coefficient (Wildman–Crippen LogP) is 1.97. The Bertz CT molecular complexity index is 491. The zero-order chi connectivity index (χ0) is 14.6. The lowest BCUT2D eigenvalue weighted by Crippen LogP contribution is -2.31. The van der Waals surface area contributed by atoms with E-state index in [0.29, 0.717) is 5.03 Å². The first-order chi connectivity index (χ1) is 8.82. The fourth-order valence-corrected chi connectivity index (χ4v) is 3.02. The van der Waals surface area contributed by atoms with E-state index in [1.54, 1.807) is 7.05 Å². The molecule has 0 bridgehead atoms. The first-order valence-electron chi connectivity index (χ1n) is 5.52. The van der Waals surface area contributed by atoms with Crippen LogP contribution in [0.15, 0.2) is 5.03 Å². The average molecular weight is 328 g/mol. The molecule has 0 fully saturated rings. The highest BCUT2D eigenvalue weighted by Crippen LogP contribution is 2.27. The van der Waals surface area contributed by atoms with Gasteiger partial charge >= 0.3 is 6.09 Å². The summed E-state index contributed by atoms with van der Waals surface area (Å²) in [5.41, 5.74) is 0. The molecule has 108 valence electrons. The summed E-state index contributed by atoms with van der Waals surface area (Å²) in [6.07, 6.45) is -0.541. The smallest absolute Gasteiger partial charge is 0.407 e. The lowest BCUT2D eigenvalue weighted by Gasteiger charge is -2.09. The summed E-state index contributed by atoms with van der Waals surface area (Å²) in [5, 5.41) is 6.99. The molecule has 0 aliphatic carbocycles. The third-order valence-corrected chi connectivity index (χ3v) is 4.29. The Balaban J connectivity index is 2.50. The van der Waals surface area contributed by atoms with Crippen molar-refractivity contribution in [2.24, 2.45) is 7.05 Å². The van der Waals surface area contributed by atoms with E-state index in [1.165, 1.54) is 4.68 Å². The Morgan fingerprint density at radius 1 is 1.53 bits per heavy atom. The summed E-state index contributed by atoms with van der Waals surface area (Å²) in [4.78, 5) is 11.2. The number of aromatic nitrogens is 2. The van der Waals surface area contributed by atoms with Crippen molar-refractivity contribution in [2.75, 3.05) is 12.4 Å². The quantitative estimate of drug-likeness (QED) is 0.897. The lowest BCUT2D eigenvalue weighted by molar-refractivity contribution is 0.150. The molecule has 1 atom stereocenters. The number of halogens is 2. The van der Waals surface area contributed by atoms with Crippen molar-refractivity contribution in [1.29, 1.82) is 0 Å². The normalized spacial score (nSPS) is 12.5. The van der Waals surface area contributed by atoms with Crippen LogP contribution in [-0.4, -0.2) is 38.5 Å². The zero-order valence-electron chi connectivity index (χ0n) is 10.8. The second-order valence-electron chi connectivity index (χ2n) is 4.02. The van der Waals surface area contributed by atoms with Gasteiger partial charge in [-0.1, -0.05) is 23.2 Å². The summed E-state index contributed by atoms with van der Waals surface area (Å²) >= 11 is 11.6. The summed E-state index contributed by atoms with van der Waals surface area (Å²) in [6.45, 7) is 3.65. The molecule has 6 nitrogen and oxygen atoms in total. The first kappa shape index (κ1) is 16.3. The highest BCUT2D eigenvalue weighted by molar-refractivity contribution is 7.85. The number of carbonyl (C=O) groups excluding carboxylic acids is 1. The molecule has 0 aliphatic rings. The summed E-state index contributed by atoms with van der Waals surface area (Å²) < 4.78 is 18.2. The van der Waals surface area contributed by atoms with Gasteiger partial charge in [0.05, 0.1) is 16.6 Å². The average Bonchev–Trinajstić information content (AvgIpc) is 2.51. The van der Waals surface area contributed by atoms with Crippen molar-refractivity contribution in [3.8, 4) is 0 Å². The van der Waals surface area contributed by atoms with Gasteiger partial charge in [-0.3, -0.25) is 8.89 Å². The van der Waals surface area contributed by atoms with Gasteiger partial charge in [0.1, 0.15) is 16.7 Å². The number of nitrogens with one attached hydrogen (secondary N) is 1. The second kappa shape index (κ2) is 7.12. The Morgan fingerprint density at radius 3 is 2.63 bits per heavy atom. The standard InChI is InChI=1S/C10H15Cl2N3O3S/c1-6(2)13-10(16)18-4-5-19(17)9-7(11)8(12)14-15(9)3/h6H,4-5H2,1-3H3,(H,13,16)/t19-/m1/s1.